The highest BCUT2D eigenvalue weighted by atomic mass is 79.9. The molecule has 0 saturated heterocycles. The van der Waals surface area contributed by atoms with E-state index in [1.54, 1.807) is 6.07 Å². The molecule has 1 atom stereocenters. The van der Waals surface area contributed by atoms with E-state index in [0.717, 1.165) is 5.56 Å². The lowest BCUT2D eigenvalue weighted by atomic mass is 9.97. The molecule has 0 aliphatic carbocycles. The van der Waals surface area contributed by atoms with E-state index in [4.69, 9.17) is 5.73 Å². The van der Waals surface area contributed by atoms with Crippen LogP contribution in [0.25, 0.3) is 0 Å². The average Bonchev–Trinajstić information content (AvgIpc) is 2.08. The van der Waals surface area contributed by atoms with Crippen molar-refractivity contribution in [2.24, 2.45) is 11.7 Å². The monoisotopic (exact) mass is 245 g/mol. The molecule has 1 aromatic carbocycles. The van der Waals surface area contributed by atoms with Crippen molar-refractivity contribution in [3.63, 3.8) is 0 Å². The Hall–Kier alpha value is -0.410. The van der Waals surface area contributed by atoms with Crippen molar-refractivity contribution in [2.45, 2.75) is 19.9 Å². The van der Waals surface area contributed by atoms with Gasteiger partial charge in [-0.15, -0.1) is 0 Å². The summed E-state index contributed by atoms with van der Waals surface area (Å²) in [6.07, 6.45) is 0. The summed E-state index contributed by atoms with van der Waals surface area (Å²) >= 11 is 3.10. The maximum atomic E-state index is 13.1. The van der Waals surface area contributed by atoms with Gasteiger partial charge in [0.25, 0.3) is 0 Å². The van der Waals surface area contributed by atoms with Crippen molar-refractivity contribution in [1.82, 2.24) is 0 Å². The number of nitrogens with two attached hydrogens (primary N) is 1. The maximum Gasteiger partial charge on any atom is 0.137 e. The first-order valence-electron chi connectivity index (χ1n) is 4.23. The SMILES string of the molecule is CC(C)[C@@H](N)c1ccc(Br)c(F)c1. The Labute approximate surface area is 86.3 Å². The molecule has 72 valence electrons. The van der Waals surface area contributed by atoms with Gasteiger partial charge < -0.3 is 5.73 Å². The smallest absolute Gasteiger partial charge is 0.137 e. The minimum atomic E-state index is -0.256. The zero-order valence-electron chi connectivity index (χ0n) is 7.72. The Balaban J connectivity index is 2.97. The molecule has 3 heteroatoms. The van der Waals surface area contributed by atoms with Gasteiger partial charge in [0.15, 0.2) is 0 Å². The number of halogens is 2. The Kier molecular flexibility index (Phi) is 3.45. The molecule has 0 unspecified atom stereocenters. The van der Waals surface area contributed by atoms with E-state index in [1.807, 2.05) is 19.9 Å². The lowest BCUT2D eigenvalue weighted by Crippen LogP contribution is -2.16. The first kappa shape index (κ1) is 10.7. The largest absolute Gasteiger partial charge is 0.324 e. The standard InChI is InChI=1S/C10H13BrFN/c1-6(2)10(13)7-3-4-8(11)9(12)5-7/h3-6,10H,13H2,1-2H3/t10-/m1/s1. The summed E-state index contributed by atoms with van der Waals surface area (Å²) in [5, 5.41) is 0. The molecule has 0 radical (unpaired) electrons. The van der Waals surface area contributed by atoms with Crippen LogP contribution in [0.5, 0.6) is 0 Å². The van der Waals surface area contributed by atoms with Gasteiger partial charge in [0.1, 0.15) is 5.82 Å². The Bertz CT molecular complexity index is 299. The second-order valence-electron chi connectivity index (χ2n) is 3.44. The van der Waals surface area contributed by atoms with Crippen LogP contribution in [0.4, 0.5) is 4.39 Å². The molecule has 0 aromatic heterocycles. The van der Waals surface area contributed by atoms with Crippen LogP contribution in [-0.2, 0) is 0 Å². The van der Waals surface area contributed by atoms with Crippen molar-refractivity contribution < 1.29 is 4.39 Å². The lowest BCUT2D eigenvalue weighted by Gasteiger charge is -2.15. The van der Waals surface area contributed by atoms with Gasteiger partial charge in [-0.25, -0.2) is 4.39 Å². The zero-order valence-corrected chi connectivity index (χ0v) is 9.31. The van der Waals surface area contributed by atoms with Gasteiger partial charge in [-0.3, -0.25) is 0 Å². The summed E-state index contributed by atoms with van der Waals surface area (Å²) in [5.74, 6) is 0.0641. The van der Waals surface area contributed by atoms with Crippen LogP contribution in [0.1, 0.15) is 25.5 Å². The van der Waals surface area contributed by atoms with E-state index >= 15 is 0 Å². The molecule has 0 heterocycles. The molecule has 0 spiro atoms. The third-order valence-electron chi connectivity index (χ3n) is 2.05. The quantitative estimate of drug-likeness (QED) is 0.851. The molecule has 1 aromatic rings. The molecule has 0 aliphatic rings. The molecule has 13 heavy (non-hydrogen) atoms. The van der Waals surface area contributed by atoms with Crippen LogP contribution in [-0.4, -0.2) is 0 Å². The average molecular weight is 246 g/mol. The predicted molar refractivity (Wildman–Crippen MR) is 55.9 cm³/mol. The van der Waals surface area contributed by atoms with Crippen molar-refractivity contribution in [3.8, 4) is 0 Å². The minimum Gasteiger partial charge on any atom is -0.324 e. The van der Waals surface area contributed by atoms with Crippen molar-refractivity contribution >= 4 is 15.9 Å². The van der Waals surface area contributed by atoms with E-state index in [0.29, 0.717) is 10.4 Å². The fraction of sp³-hybridized carbons (Fsp3) is 0.400. The second kappa shape index (κ2) is 4.20. The predicted octanol–water partition coefficient (Wildman–Crippen LogP) is 3.24. The van der Waals surface area contributed by atoms with Crippen molar-refractivity contribution in [3.05, 3.63) is 34.1 Å². The van der Waals surface area contributed by atoms with Crippen LogP contribution < -0.4 is 5.73 Å². The fourth-order valence-corrected chi connectivity index (χ4v) is 1.35. The van der Waals surface area contributed by atoms with Crippen LogP contribution in [0.15, 0.2) is 22.7 Å². The van der Waals surface area contributed by atoms with E-state index in [9.17, 15) is 4.39 Å². The Morgan fingerprint density at radius 1 is 1.38 bits per heavy atom. The van der Waals surface area contributed by atoms with Crippen LogP contribution >= 0.6 is 15.9 Å². The number of hydrogen-bond acceptors (Lipinski definition) is 1. The van der Waals surface area contributed by atoms with Crippen molar-refractivity contribution in [2.75, 3.05) is 0 Å². The van der Waals surface area contributed by atoms with Gasteiger partial charge in [0, 0.05) is 6.04 Å². The van der Waals surface area contributed by atoms with E-state index in [-0.39, 0.29) is 11.9 Å². The van der Waals surface area contributed by atoms with E-state index < -0.39 is 0 Å². The summed E-state index contributed by atoms with van der Waals surface area (Å²) in [4.78, 5) is 0. The fourth-order valence-electron chi connectivity index (χ4n) is 1.10. The minimum absolute atomic E-state index is 0.0948. The molecule has 0 aliphatic heterocycles. The Morgan fingerprint density at radius 2 is 2.00 bits per heavy atom. The van der Waals surface area contributed by atoms with Gasteiger partial charge in [0.2, 0.25) is 0 Å². The summed E-state index contributed by atoms with van der Waals surface area (Å²) in [5.41, 5.74) is 6.72. The molecule has 0 fully saturated rings. The van der Waals surface area contributed by atoms with Crippen LogP contribution in [0.3, 0.4) is 0 Å². The first-order chi connectivity index (χ1) is 6.02. The summed E-state index contributed by atoms with van der Waals surface area (Å²) in [6.45, 7) is 4.04. The molecule has 1 nitrogen and oxygen atoms in total. The zero-order chi connectivity index (χ0) is 10.0. The lowest BCUT2D eigenvalue weighted by molar-refractivity contribution is 0.509. The maximum absolute atomic E-state index is 13.1. The molecule has 0 amide bonds. The topological polar surface area (TPSA) is 26.0 Å². The van der Waals surface area contributed by atoms with Crippen LogP contribution in [0.2, 0.25) is 0 Å². The van der Waals surface area contributed by atoms with E-state index in [2.05, 4.69) is 15.9 Å². The molecular formula is C10H13BrFN. The van der Waals surface area contributed by atoms with E-state index in [1.165, 1.54) is 6.07 Å². The molecule has 2 N–H and O–H groups in total. The van der Waals surface area contributed by atoms with Gasteiger partial charge in [-0.2, -0.15) is 0 Å². The third kappa shape index (κ3) is 2.51. The molecular weight excluding hydrogens is 233 g/mol. The first-order valence-corrected chi connectivity index (χ1v) is 5.02. The highest BCUT2D eigenvalue weighted by molar-refractivity contribution is 9.10. The van der Waals surface area contributed by atoms with Gasteiger partial charge in [0.05, 0.1) is 4.47 Å². The second-order valence-corrected chi connectivity index (χ2v) is 4.30. The van der Waals surface area contributed by atoms with Gasteiger partial charge in [-0.05, 0) is 39.5 Å². The van der Waals surface area contributed by atoms with Crippen molar-refractivity contribution in [1.29, 1.82) is 0 Å². The normalized spacial score (nSPS) is 13.4. The summed E-state index contributed by atoms with van der Waals surface area (Å²) in [6, 6.07) is 4.92. The number of rotatable bonds is 2. The summed E-state index contributed by atoms with van der Waals surface area (Å²) in [7, 11) is 0. The summed E-state index contributed by atoms with van der Waals surface area (Å²) < 4.78 is 13.6. The number of hydrogen-bond donors (Lipinski definition) is 1. The van der Waals surface area contributed by atoms with Gasteiger partial charge in [-0.1, -0.05) is 19.9 Å². The van der Waals surface area contributed by atoms with Crippen LogP contribution in [0, 0.1) is 11.7 Å². The highest BCUT2D eigenvalue weighted by Gasteiger charge is 2.11. The molecule has 1 rings (SSSR count). The highest BCUT2D eigenvalue weighted by Crippen LogP contribution is 2.23. The van der Waals surface area contributed by atoms with Gasteiger partial charge >= 0.3 is 0 Å². The molecule has 0 bridgehead atoms. The molecule has 0 saturated carbocycles. The Morgan fingerprint density at radius 3 is 2.46 bits per heavy atom. The third-order valence-corrected chi connectivity index (χ3v) is 2.69. The number of benzene rings is 1.